The standard InChI is InChI=1S/C7H7BrN6O/c8-4-2(1-15)11-3-5(9)13-7(10)14-6(3)12-4/h15H,1H2,(H4,9,10,12,13,14). The van der Waals surface area contributed by atoms with Crippen molar-refractivity contribution in [1.29, 1.82) is 0 Å². The highest BCUT2D eigenvalue weighted by Crippen LogP contribution is 2.19. The summed E-state index contributed by atoms with van der Waals surface area (Å²) in [4.78, 5) is 15.7. The Morgan fingerprint density at radius 3 is 2.53 bits per heavy atom. The fourth-order valence-electron chi connectivity index (χ4n) is 1.10. The minimum atomic E-state index is -0.243. The smallest absolute Gasteiger partial charge is 0.224 e. The Morgan fingerprint density at radius 1 is 1.13 bits per heavy atom. The Bertz CT molecular complexity index is 530. The summed E-state index contributed by atoms with van der Waals surface area (Å²) in [5, 5.41) is 8.98. The number of hydrogen-bond donors (Lipinski definition) is 3. The zero-order valence-corrected chi connectivity index (χ0v) is 9.06. The van der Waals surface area contributed by atoms with E-state index in [0.29, 0.717) is 21.5 Å². The summed E-state index contributed by atoms with van der Waals surface area (Å²) in [6.45, 7) is -0.243. The maximum absolute atomic E-state index is 8.98. The van der Waals surface area contributed by atoms with Crippen LogP contribution in [0.4, 0.5) is 11.8 Å². The molecule has 0 aliphatic carbocycles. The van der Waals surface area contributed by atoms with Gasteiger partial charge in [0.05, 0.1) is 12.3 Å². The second kappa shape index (κ2) is 3.55. The quantitative estimate of drug-likeness (QED) is 0.658. The van der Waals surface area contributed by atoms with E-state index in [-0.39, 0.29) is 18.4 Å². The lowest BCUT2D eigenvalue weighted by atomic mass is 10.4. The van der Waals surface area contributed by atoms with E-state index < -0.39 is 0 Å². The summed E-state index contributed by atoms with van der Waals surface area (Å²) in [6, 6.07) is 0. The summed E-state index contributed by atoms with van der Waals surface area (Å²) < 4.78 is 0.412. The molecule has 0 bridgehead atoms. The van der Waals surface area contributed by atoms with Gasteiger partial charge >= 0.3 is 0 Å². The highest BCUT2D eigenvalue weighted by Gasteiger charge is 2.10. The fraction of sp³-hybridized carbons (Fsp3) is 0.143. The van der Waals surface area contributed by atoms with E-state index in [1.165, 1.54) is 0 Å². The van der Waals surface area contributed by atoms with Gasteiger partial charge in [-0.05, 0) is 15.9 Å². The van der Waals surface area contributed by atoms with Crippen molar-refractivity contribution >= 4 is 38.9 Å². The molecule has 0 radical (unpaired) electrons. The number of halogens is 1. The first-order valence-electron chi connectivity index (χ1n) is 3.97. The third kappa shape index (κ3) is 1.68. The van der Waals surface area contributed by atoms with Gasteiger partial charge in [0.25, 0.3) is 0 Å². The van der Waals surface area contributed by atoms with E-state index >= 15 is 0 Å². The van der Waals surface area contributed by atoms with Crippen molar-refractivity contribution in [2.45, 2.75) is 6.61 Å². The number of nitrogens with two attached hydrogens (primary N) is 2. The Morgan fingerprint density at radius 2 is 1.87 bits per heavy atom. The van der Waals surface area contributed by atoms with Crippen molar-refractivity contribution in [2.24, 2.45) is 0 Å². The van der Waals surface area contributed by atoms with Gasteiger partial charge in [-0.25, -0.2) is 9.97 Å². The van der Waals surface area contributed by atoms with Gasteiger partial charge < -0.3 is 16.6 Å². The van der Waals surface area contributed by atoms with Crippen LogP contribution in [0.5, 0.6) is 0 Å². The lowest BCUT2D eigenvalue weighted by Crippen LogP contribution is -2.05. The van der Waals surface area contributed by atoms with Gasteiger partial charge in [0.2, 0.25) is 5.95 Å². The number of aliphatic hydroxyl groups excluding tert-OH is 1. The molecule has 0 saturated heterocycles. The largest absolute Gasteiger partial charge is 0.390 e. The van der Waals surface area contributed by atoms with Gasteiger partial charge in [0.1, 0.15) is 4.60 Å². The van der Waals surface area contributed by atoms with Crippen LogP contribution in [-0.4, -0.2) is 25.0 Å². The summed E-state index contributed by atoms with van der Waals surface area (Å²) >= 11 is 3.15. The molecule has 5 N–H and O–H groups in total. The predicted octanol–water partition coefficient (Wildman–Crippen LogP) is -0.161. The number of aliphatic hydroxyl groups is 1. The maximum Gasteiger partial charge on any atom is 0.224 e. The maximum atomic E-state index is 8.98. The molecule has 0 atom stereocenters. The minimum absolute atomic E-state index is 0.0398. The number of anilines is 2. The molecule has 0 saturated carbocycles. The first kappa shape index (κ1) is 9.99. The molecule has 0 spiro atoms. The van der Waals surface area contributed by atoms with E-state index in [9.17, 15) is 0 Å². The Kier molecular flexibility index (Phi) is 2.37. The van der Waals surface area contributed by atoms with E-state index in [1.807, 2.05) is 0 Å². The normalized spacial score (nSPS) is 10.8. The third-order valence-electron chi connectivity index (χ3n) is 1.75. The topological polar surface area (TPSA) is 124 Å². The molecule has 0 aliphatic heterocycles. The van der Waals surface area contributed by atoms with Crippen molar-refractivity contribution < 1.29 is 5.11 Å². The summed E-state index contributed by atoms with van der Waals surface area (Å²) in [5.74, 6) is 0.185. The zero-order valence-electron chi connectivity index (χ0n) is 7.48. The number of nitrogens with zero attached hydrogens (tertiary/aromatic N) is 4. The predicted molar refractivity (Wildman–Crippen MR) is 57.6 cm³/mol. The van der Waals surface area contributed by atoms with Crippen molar-refractivity contribution in [2.75, 3.05) is 11.5 Å². The van der Waals surface area contributed by atoms with Gasteiger partial charge in [0, 0.05) is 0 Å². The molecule has 0 aliphatic rings. The first-order chi connectivity index (χ1) is 7.11. The van der Waals surface area contributed by atoms with Gasteiger partial charge in [-0.15, -0.1) is 0 Å². The Hall–Kier alpha value is -1.54. The number of rotatable bonds is 1. The minimum Gasteiger partial charge on any atom is -0.390 e. The van der Waals surface area contributed by atoms with Crippen LogP contribution in [0, 0.1) is 0 Å². The molecule has 2 aromatic heterocycles. The van der Waals surface area contributed by atoms with E-state index in [2.05, 4.69) is 35.9 Å². The third-order valence-corrected chi connectivity index (χ3v) is 2.38. The Balaban J connectivity index is 2.81. The molecular formula is C7H7BrN6O. The van der Waals surface area contributed by atoms with Gasteiger partial charge in [0.15, 0.2) is 17.0 Å². The van der Waals surface area contributed by atoms with Crippen LogP contribution < -0.4 is 11.5 Å². The molecule has 2 heterocycles. The fourth-order valence-corrected chi connectivity index (χ4v) is 1.48. The van der Waals surface area contributed by atoms with E-state index in [4.69, 9.17) is 16.6 Å². The number of fused-ring (bicyclic) bond motifs is 1. The van der Waals surface area contributed by atoms with Crippen molar-refractivity contribution in [3.63, 3.8) is 0 Å². The van der Waals surface area contributed by atoms with Crippen molar-refractivity contribution in [3.8, 4) is 0 Å². The van der Waals surface area contributed by atoms with Crippen molar-refractivity contribution in [1.82, 2.24) is 19.9 Å². The van der Waals surface area contributed by atoms with Crippen LogP contribution in [0.15, 0.2) is 4.60 Å². The number of nitrogen functional groups attached to an aromatic ring is 2. The molecule has 2 aromatic rings. The average Bonchev–Trinajstić information content (AvgIpc) is 2.16. The van der Waals surface area contributed by atoms with Crippen LogP contribution in [0.25, 0.3) is 11.2 Å². The van der Waals surface area contributed by atoms with Crippen LogP contribution in [-0.2, 0) is 6.61 Å². The molecule has 0 amide bonds. The van der Waals surface area contributed by atoms with Gasteiger partial charge in [-0.2, -0.15) is 9.97 Å². The molecule has 2 rings (SSSR count). The van der Waals surface area contributed by atoms with E-state index in [1.54, 1.807) is 0 Å². The summed E-state index contributed by atoms with van der Waals surface area (Å²) in [6.07, 6.45) is 0. The monoisotopic (exact) mass is 270 g/mol. The second-order valence-electron chi connectivity index (χ2n) is 2.76. The molecule has 15 heavy (non-hydrogen) atoms. The van der Waals surface area contributed by atoms with Crippen LogP contribution in [0.3, 0.4) is 0 Å². The molecule has 78 valence electrons. The highest BCUT2D eigenvalue weighted by molar-refractivity contribution is 9.10. The molecule has 8 heteroatoms. The molecule has 0 fully saturated rings. The summed E-state index contributed by atoms with van der Waals surface area (Å²) in [5.41, 5.74) is 12.0. The van der Waals surface area contributed by atoms with Crippen LogP contribution in [0.2, 0.25) is 0 Å². The molecule has 0 unspecified atom stereocenters. The van der Waals surface area contributed by atoms with Gasteiger partial charge in [-0.1, -0.05) is 0 Å². The van der Waals surface area contributed by atoms with Gasteiger partial charge in [-0.3, -0.25) is 0 Å². The summed E-state index contributed by atoms with van der Waals surface area (Å²) in [7, 11) is 0. The Labute approximate surface area is 92.7 Å². The average molecular weight is 271 g/mol. The second-order valence-corrected chi connectivity index (χ2v) is 3.51. The van der Waals surface area contributed by atoms with Crippen molar-refractivity contribution in [3.05, 3.63) is 10.3 Å². The lowest BCUT2D eigenvalue weighted by molar-refractivity contribution is 0.276. The molecule has 0 aromatic carbocycles. The van der Waals surface area contributed by atoms with Crippen LogP contribution in [0.1, 0.15) is 5.69 Å². The lowest BCUT2D eigenvalue weighted by Gasteiger charge is -2.04. The molecule has 7 nitrogen and oxygen atoms in total. The first-order valence-corrected chi connectivity index (χ1v) is 4.77. The molecular weight excluding hydrogens is 264 g/mol. The number of hydrogen-bond acceptors (Lipinski definition) is 7. The zero-order chi connectivity index (χ0) is 11.0. The highest BCUT2D eigenvalue weighted by atomic mass is 79.9. The number of aromatic nitrogens is 4. The van der Waals surface area contributed by atoms with E-state index in [0.717, 1.165) is 0 Å². The van der Waals surface area contributed by atoms with Crippen LogP contribution >= 0.6 is 15.9 Å². The SMILES string of the molecule is Nc1nc(N)c2nc(CO)c(Br)nc2n1.